The van der Waals surface area contributed by atoms with Crippen molar-refractivity contribution in [3.63, 3.8) is 0 Å². The van der Waals surface area contributed by atoms with Crippen LogP contribution in [-0.4, -0.2) is 29.8 Å². The SMILES string of the molecule is CC(C)CN(CC(N)=O)C(=O)c1ccc(CN)cc1.Cl. The Kier molecular flexibility index (Phi) is 7.87. The molecule has 0 fully saturated rings. The van der Waals surface area contributed by atoms with Crippen molar-refractivity contribution in [1.29, 1.82) is 0 Å². The van der Waals surface area contributed by atoms with E-state index in [9.17, 15) is 9.59 Å². The van der Waals surface area contributed by atoms with Gasteiger partial charge >= 0.3 is 0 Å². The standard InChI is InChI=1S/C14H21N3O2.ClH/c1-10(2)8-17(9-13(16)18)14(19)12-5-3-11(7-15)4-6-12;/h3-6,10H,7-9,15H2,1-2H3,(H2,16,18);1H. The van der Waals surface area contributed by atoms with Crippen LogP contribution < -0.4 is 11.5 Å². The molecule has 0 aliphatic rings. The minimum absolute atomic E-state index is 0. The van der Waals surface area contributed by atoms with Gasteiger partial charge in [0.05, 0.1) is 6.54 Å². The number of amides is 2. The number of benzene rings is 1. The topological polar surface area (TPSA) is 89.4 Å². The molecule has 6 heteroatoms. The highest BCUT2D eigenvalue weighted by Gasteiger charge is 2.18. The summed E-state index contributed by atoms with van der Waals surface area (Å²) in [5, 5.41) is 0. The number of carbonyl (C=O) groups excluding carboxylic acids is 2. The second-order valence-corrected chi connectivity index (χ2v) is 4.95. The van der Waals surface area contributed by atoms with E-state index in [2.05, 4.69) is 0 Å². The van der Waals surface area contributed by atoms with Gasteiger partial charge in [0.2, 0.25) is 5.91 Å². The molecule has 0 bridgehead atoms. The lowest BCUT2D eigenvalue weighted by Gasteiger charge is -2.23. The predicted molar refractivity (Wildman–Crippen MR) is 81.5 cm³/mol. The van der Waals surface area contributed by atoms with E-state index >= 15 is 0 Å². The summed E-state index contributed by atoms with van der Waals surface area (Å²) in [6.07, 6.45) is 0. The van der Waals surface area contributed by atoms with Gasteiger partial charge in [-0.3, -0.25) is 9.59 Å². The van der Waals surface area contributed by atoms with Crippen LogP contribution in [0.5, 0.6) is 0 Å². The van der Waals surface area contributed by atoms with Crippen molar-refractivity contribution in [3.8, 4) is 0 Å². The number of halogens is 1. The molecular formula is C14H22ClN3O2. The van der Waals surface area contributed by atoms with E-state index in [0.29, 0.717) is 18.7 Å². The first-order valence-corrected chi connectivity index (χ1v) is 6.30. The number of hydrogen-bond acceptors (Lipinski definition) is 3. The Labute approximate surface area is 125 Å². The van der Waals surface area contributed by atoms with Crippen LogP contribution in [0.25, 0.3) is 0 Å². The first-order chi connectivity index (χ1) is 8.93. The Morgan fingerprint density at radius 2 is 1.75 bits per heavy atom. The predicted octanol–water partition coefficient (Wildman–Crippen LogP) is 1.15. The lowest BCUT2D eigenvalue weighted by molar-refractivity contribution is -0.118. The molecule has 0 radical (unpaired) electrons. The normalized spacial score (nSPS) is 10.0. The van der Waals surface area contributed by atoms with Gasteiger partial charge in [-0.15, -0.1) is 12.4 Å². The summed E-state index contributed by atoms with van der Waals surface area (Å²) in [4.78, 5) is 24.8. The van der Waals surface area contributed by atoms with Gasteiger partial charge in [0.1, 0.15) is 0 Å². The second-order valence-electron chi connectivity index (χ2n) is 4.95. The van der Waals surface area contributed by atoms with Gasteiger partial charge in [0.15, 0.2) is 0 Å². The summed E-state index contributed by atoms with van der Waals surface area (Å²) in [5.41, 5.74) is 12.2. The molecule has 0 heterocycles. The van der Waals surface area contributed by atoms with Crippen molar-refractivity contribution >= 4 is 24.2 Å². The van der Waals surface area contributed by atoms with E-state index in [-0.39, 0.29) is 30.8 Å². The van der Waals surface area contributed by atoms with E-state index in [4.69, 9.17) is 11.5 Å². The molecule has 5 nitrogen and oxygen atoms in total. The molecule has 4 N–H and O–H groups in total. The molecule has 0 saturated carbocycles. The zero-order valence-electron chi connectivity index (χ0n) is 11.8. The largest absolute Gasteiger partial charge is 0.368 e. The van der Waals surface area contributed by atoms with Gasteiger partial charge in [0, 0.05) is 18.7 Å². The van der Waals surface area contributed by atoms with Crippen molar-refractivity contribution in [2.45, 2.75) is 20.4 Å². The number of nitrogens with zero attached hydrogens (tertiary/aromatic N) is 1. The highest BCUT2D eigenvalue weighted by Crippen LogP contribution is 2.09. The molecule has 0 spiro atoms. The molecule has 2 amide bonds. The Bertz CT molecular complexity index is 446. The fourth-order valence-corrected chi connectivity index (χ4v) is 1.81. The maximum absolute atomic E-state index is 12.3. The maximum Gasteiger partial charge on any atom is 0.254 e. The van der Waals surface area contributed by atoms with Crippen LogP contribution in [0.4, 0.5) is 0 Å². The minimum Gasteiger partial charge on any atom is -0.368 e. The molecule has 1 rings (SSSR count). The van der Waals surface area contributed by atoms with Crippen LogP contribution in [0.15, 0.2) is 24.3 Å². The van der Waals surface area contributed by atoms with Gasteiger partial charge in [-0.2, -0.15) is 0 Å². The van der Waals surface area contributed by atoms with E-state index in [1.54, 1.807) is 12.1 Å². The first-order valence-electron chi connectivity index (χ1n) is 6.30. The maximum atomic E-state index is 12.3. The van der Waals surface area contributed by atoms with Crippen LogP contribution >= 0.6 is 12.4 Å². The summed E-state index contributed by atoms with van der Waals surface area (Å²) in [7, 11) is 0. The van der Waals surface area contributed by atoms with Gasteiger partial charge in [-0.25, -0.2) is 0 Å². The fourth-order valence-electron chi connectivity index (χ4n) is 1.81. The third-order valence-corrected chi connectivity index (χ3v) is 2.66. The van der Waals surface area contributed by atoms with Crippen molar-refractivity contribution in [1.82, 2.24) is 4.90 Å². The number of carbonyl (C=O) groups is 2. The number of nitrogens with two attached hydrogens (primary N) is 2. The van der Waals surface area contributed by atoms with Crippen molar-refractivity contribution < 1.29 is 9.59 Å². The zero-order valence-corrected chi connectivity index (χ0v) is 12.7. The smallest absolute Gasteiger partial charge is 0.254 e. The first kappa shape index (κ1) is 18.4. The molecule has 20 heavy (non-hydrogen) atoms. The zero-order chi connectivity index (χ0) is 14.4. The molecule has 112 valence electrons. The van der Waals surface area contributed by atoms with Crippen LogP contribution in [0.3, 0.4) is 0 Å². The van der Waals surface area contributed by atoms with E-state index in [0.717, 1.165) is 5.56 Å². The van der Waals surface area contributed by atoms with E-state index in [1.807, 2.05) is 26.0 Å². The van der Waals surface area contributed by atoms with Crippen molar-refractivity contribution in [2.24, 2.45) is 17.4 Å². The molecule has 0 unspecified atom stereocenters. The van der Waals surface area contributed by atoms with Gasteiger partial charge in [-0.1, -0.05) is 26.0 Å². The van der Waals surface area contributed by atoms with Crippen LogP contribution in [-0.2, 0) is 11.3 Å². The number of hydrogen-bond donors (Lipinski definition) is 2. The molecule has 0 aliphatic heterocycles. The lowest BCUT2D eigenvalue weighted by Crippen LogP contribution is -2.40. The Balaban J connectivity index is 0.00000361. The molecular weight excluding hydrogens is 278 g/mol. The molecule has 0 aromatic heterocycles. The molecule has 1 aromatic carbocycles. The fraction of sp³-hybridized carbons (Fsp3) is 0.429. The minimum atomic E-state index is -0.507. The molecule has 0 aliphatic carbocycles. The Morgan fingerprint density at radius 1 is 1.20 bits per heavy atom. The monoisotopic (exact) mass is 299 g/mol. The summed E-state index contributed by atoms with van der Waals surface area (Å²) in [6, 6.07) is 7.06. The average Bonchev–Trinajstić information content (AvgIpc) is 2.36. The highest BCUT2D eigenvalue weighted by molar-refractivity contribution is 5.96. The average molecular weight is 300 g/mol. The van der Waals surface area contributed by atoms with Gasteiger partial charge < -0.3 is 16.4 Å². The quantitative estimate of drug-likeness (QED) is 0.825. The number of rotatable bonds is 6. The van der Waals surface area contributed by atoms with Crippen LogP contribution in [0.2, 0.25) is 0 Å². The summed E-state index contributed by atoms with van der Waals surface area (Å²) >= 11 is 0. The highest BCUT2D eigenvalue weighted by atomic mass is 35.5. The number of primary amides is 1. The third kappa shape index (κ3) is 5.59. The summed E-state index contributed by atoms with van der Waals surface area (Å²) in [6.45, 7) is 4.85. The second kappa shape index (κ2) is 8.55. The molecule has 0 atom stereocenters. The molecule has 1 aromatic rings. The molecule has 0 saturated heterocycles. The Morgan fingerprint density at radius 3 is 2.15 bits per heavy atom. The van der Waals surface area contributed by atoms with E-state index < -0.39 is 5.91 Å². The van der Waals surface area contributed by atoms with Gasteiger partial charge in [-0.05, 0) is 23.6 Å². The van der Waals surface area contributed by atoms with Crippen molar-refractivity contribution in [2.75, 3.05) is 13.1 Å². The van der Waals surface area contributed by atoms with E-state index in [1.165, 1.54) is 4.90 Å². The summed E-state index contributed by atoms with van der Waals surface area (Å²) in [5.74, 6) is -0.421. The Hall–Kier alpha value is -1.59. The van der Waals surface area contributed by atoms with Crippen LogP contribution in [0.1, 0.15) is 29.8 Å². The van der Waals surface area contributed by atoms with Crippen LogP contribution in [0, 0.1) is 5.92 Å². The van der Waals surface area contributed by atoms with Crippen molar-refractivity contribution in [3.05, 3.63) is 35.4 Å². The van der Waals surface area contributed by atoms with Gasteiger partial charge in [0.25, 0.3) is 5.91 Å². The summed E-state index contributed by atoms with van der Waals surface area (Å²) < 4.78 is 0. The third-order valence-electron chi connectivity index (χ3n) is 2.66. The lowest BCUT2D eigenvalue weighted by atomic mass is 10.1.